The summed E-state index contributed by atoms with van der Waals surface area (Å²) in [5.41, 5.74) is -0.952. The molecule has 88 valence electrons. The molecule has 1 rings (SSSR count). The second-order valence-electron chi connectivity index (χ2n) is 3.10. The summed E-state index contributed by atoms with van der Waals surface area (Å²) < 4.78 is 38.7. The van der Waals surface area contributed by atoms with Gasteiger partial charge in [0.15, 0.2) is 5.69 Å². The molecule has 0 spiro atoms. The van der Waals surface area contributed by atoms with E-state index in [0.717, 1.165) is 4.68 Å². The number of hydrogen-bond acceptors (Lipinski definition) is 2. The predicted octanol–water partition coefficient (Wildman–Crippen LogP) is 1.46. The van der Waals surface area contributed by atoms with Crippen molar-refractivity contribution >= 4 is 0 Å². The number of halogens is 3. The molecule has 1 heterocycles. The van der Waals surface area contributed by atoms with Gasteiger partial charge in [0.05, 0.1) is 0 Å². The van der Waals surface area contributed by atoms with E-state index in [1.54, 1.807) is 6.92 Å². The Morgan fingerprint density at radius 3 is 2.69 bits per heavy atom. The molecule has 0 fully saturated rings. The lowest BCUT2D eigenvalue weighted by atomic mass is 10.2. The number of aliphatic hydroxyl groups excluding tert-OH is 1. The van der Waals surface area contributed by atoms with E-state index < -0.39 is 11.9 Å². The van der Waals surface area contributed by atoms with Gasteiger partial charge in [0.25, 0.3) is 0 Å². The van der Waals surface area contributed by atoms with Crippen LogP contribution < -0.4 is 0 Å². The minimum Gasteiger partial charge on any atom is -0.396 e. The molecule has 0 saturated heterocycles. The van der Waals surface area contributed by atoms with E-state index in [4.69, 9.17) is 5.11 Å². The largest absolute Gasteiger partial charge is 0.435 e. The van der Waals surface area contributed by atoms with Crippen LogP contribution in [0.15, 0.2) is 6.20 Å². The fourth-order valence-corrected chi connectivity index (χ4v) is 1.25. The Morgan fingerprint density at radius 1 is 1.50 bits per heavy atom. The van der Waals surface area contributed by atoms with Crippen LogP contribution in [0.4, 0.5) is 13.2 Å². The SMILES string of the molecule is CC#CCn1cc(CCO)c(C(F)(F)F)n1. The number of rotatable bonds is 3. The Balaban J connectivity index is 3.03. The van der Waals surface area contributed by atoms with Crippen LogP contribution in [0.2, 0.25) is 0 Å². The van der Waals surface area contributed by atoms with Gasteiger partial charge < -0.3 is 5.11 Å². The van der Waals surface area contributed by atoms with E-state index in [1.165, 1.54) is 6.20 Å². The molecule has 0 unspecified atom stereocenters. The third kappa shape index (κ3) is 3.00. The average Bonchev–Trinajstić information content (AvgIpc) is 2.58. The van der Waals surface area contributed by atoms with Gasteiger partial charge >= 0.3 is 6.18 Å². The summed E-state index contributed by atoms with van der Waals surface area (Å²) in [6.45, 7) is 1.38. The fraction of sp³-hybridized carbons (Fsp3) is 0.500. The van der Waals surface area contributed by atoms with Gasteiger partial charge in [0, 0.05) is 18.4 Å². The van der Waals surface area contributed by atoms with Crippen molar-refractivity contribution in [2.75, 3.05) is 6.61 Å². The number of alkyl halides is 3. The highest BCUT2D eigenvalue weighted by molar-refractivity contribution is 5.20. The Hall–Kier alpha value is -1.48. The first kappa shape index (κ1) is 12.6. The third-order valence-electron chi connectivity index (χ3n) is 1.90. The zero-order valence-electron chi connectivity index (χ0n) is 8.67. The average molecular weight is 232 g/mol. The molecule has 0 amide bonds. The molecule has 0 radical (unpaired) electrons. The van der Waals surface area contributed by atoms with Crippen LogP contribution in [0.25, 0.3) is 0 Å². The van der Waals surface area contributed by atoms with Crippen molar-refractivity contribution in [2.45, 2.75) is 26.1 Å². The summed E-state index contributed by atoms with van der Waals surface area (Å²) in [7, 11) is 0. The van der Waals surface area contributed by atoms with E-state index in [2.05, 4.69) is 16.9 Å². The molecule has 16 heavy (non-hydrogen) atoms. The summed E-state index contributed by atoms with van der Waals surface area (Å²) in [4.78, 5) is 0. The molecular weight excluding hydrogens is 221 g/mol. The topological polar surface area (TPSA) is 38.0 Å². The van der Waals surface area contributed by atoms with Crippen molar-refractivity contribution in [3.8, 4) is 11.8 Å². The lowest BCUT2D eigenvalue weighted by Crippen LogP contribution is -2.10. The van der Waals surface area contributed by atoms with Crippen LogP contribution in [0.3, 0.4) is 0 Å². The molecule has 6 heteroatoms. The minimum atomic E-state index is -4.49. The standard InChI is InChI=1S/C10H11F3N2O/c1-2-3-5-15-7-8(4-6-16)9(14-15)10(11,12)13/h7,16H,4-6H2,1H3. The summed E-state index contributed by atoms with van der Waals surface area (Å²) in [5, 5.41) is 12.1. The molecule has 0 aliphatic heterocycles. The van der Waals surface area contributed by atoms with Crippen molar-refractivity contribution in [1.82, 2.24) is 9.78 Å². The molecule has 1 aromatic rings. The van der Waals surface area contributed by atoms with Crippen molar-refractivity contribution in [2.24, 2.45) is 0 Å². The molecule has 0 aliphatic carbocycles. The molecule has 0 aliphatic rings. The van der Waals surface area contributed by atoms with Crippen molar-refractivity contribution in [3.05, 3.63) is 17.5 Å². The first-order valence-electron chi connectivity index (χ1n) is 4.63. The quantitative estimate of drug-likeness (QED) is 0.801. The van der Waals surface area contributed by atoms with Gasteiger partial charge in [-0.1, -0.05) is 5.92 Å². The van der Waals surface area contributed by atoms with Crippen molar-refractivity contribution in [1.29, 1.82) is 0 Å². The number of aliphatic hydroxyl groups is 1. The van der Waals surface area contributed by atoms with Crippen LogP contribution >= 0.6 is 0 Å². The molecule has 1 aromatic heterocycles. The van der Waals surface area contributed by atoms with Crippen LogP contribution in [-0.2, 0) is 19.1 Å². The zero-order valence-corrected chi connectivity index (χ0v) is 8.67. The maximum Gasteiger partial charge on any atom is 0.435 e. The highest BCUT2D eigenvalue weighted by atomic mass is 19.4. The molecule has 0 saturated carbocycles. The van der Waals surface area contributed by atoms with Gasteiger partial charge in [-0.05, 0) is 13.3 Å². The highest BCUT2D eigenvalue weighted by Crippen LogP contribution is 2.30. The van der Waals surface area contributed by atoms with E-state index in [9.17, 15) is 13.2 Å². The first-order valence-corrected chi connectivity index (χ1v) is 4.63. The van der Waals surface area contributed by atoms with E-state index >= 15 is 0 Å². The summed E-state index contributed by atoms with van der Waals surface area (Å²) in [5.74, 6) is 5.19. The number of aromatic nitrogens is 2. The minimum absolute atomic E-state index is 0.00657. The fourth-order valence-electron chi connectivity index (χ4n) is 1.25. The van der Waals surface area contributed by atoms with Crippen molar-refractivity contribution < 1.29 is 18.3 Å². The molecular formula is C10H11F3N2O. The third-order valence-corrected chi connectivity index (χ3v) is 1.90. The van der Waals surface area contributed by atoms with E-state index in [1.807, 2.05) is 0 Å². The van der Waals surface area contributed by atoms with Gasteiger partial charge in [0.2, 0.25) is 0 Å². The van der Waals surface area contributed by atoms with Gasteiger partial charge in [-0.15, -0.1) is 5.92 Å². The maximum atomic E-state index is 12.5. The van der Waals surface area contributed by atoms with Crippen LogP contribution in [0.5, 0.6) is 0 Å². The van der Waals surface area contributed by atoms with Gasteiger partial charge in [-0.2, -0.15) is 18.3 Å². The van der Waals surface area contributed by atoms with Crippen LogP contribution in [-0.4, -0.2) is 21.5 Å². The Morgan fingerprint density at radius 2 is 2.19 bits per heavy atom. The van der Waals surface area contributed by atoms with Crippen molar-refractivity contribution in [3.63, 3.8) is 0 Å². The summed E-state index contributed by atoms with van der Waals surface area (Å²) in [6, 6.07) is 0. The molecule has 1 N–H and O–H groups in total. The summed E-state index contributed by atoms with van der Waals surface area (Å²) >= 11 is 0. The van der Waals surface area contributed by atoms with Gasteiger partial charge in [0.1, 0.15) is 6.54 Å². The first-order chi connectivity index (χ1) is 7.49. The van der Waals surface area contributed by atoms with E-state index in [-0.39, 0.29) is 25.1 Å². The lowest BCUT2D eigenvalue weighted by Gasteiger charge is -2.04. The maximum absolute atomic E-state index is 12.5. The van der Waals surface area contributed by atoms with Gasteiger partial charge in [-0.25, -0.2) is 0 Å². The molecule has 0 aromatic carbocycles. The van der Waals surface area contributed by atoms with Gasteiger partial charge in [-0.3, -0.25) is 4.68 Å². The Kier molecular flexibility index (Phi) is 3.96. The molecule has 3 nitrogen and oxygen atoms in total. The summed E-state index contributed by atoms with van der Waals surface area (Å²) in [6.07, 6.45) is -3.28. The zero-order chi connectivity index (χ0) is 12.2. The van der Waals surface area contributed by atoms with Crippen LogP contribution in [0, 0.1) is 11.8 Å². The van der Waals surface area contributed by atoms with Crippen LogP contribution in [0.1, 0.15) is 18.2 Å². The smallest absolute Gasteiger partial charge is 0.396 e. The predicted molar refractivity (Wildman–Crippen MR) is 51.5 cm³/mol. The Labute approximate surface area is 90.9 Å². The number of hydrogen-bond donors (Lipinski definition) is 1. The molecule has 0 bridgehead atoms. The van der Waals surface area contributed by atoms with E-state index in [0.29, 0.717) is 0 Å². The lowest BCUT2D eigenvalue weighted by molar-refractivity contribution is -0.142. The monoisotopic (exact) mass is 232 g/mol. The molecule has 0 atom stereocenters. The highest BCUT2D eigenvalue weighted by Gasteiger charge is 2.36. The second-order valence-corrected chi connectivity index (χ2v) is 3.10. The normalized spacial score (nSPS) is 11.1. The second kappa shape index (κ2) is 5.03. The number of nitrogens with zero attached hydrogens (tertiary/aromatic N) is 2. The Bertz CT molecular complexity index is 412.